The van der Waals surface area contributed by atoms with Gasteiger partial charge >= 0.3 is 0 Å². The van der Waals surface area contributed by atoms with Crippen molar-refractivity contribution < 1.29 is 4.79 Å². The van der Waals surface area contributed by atoms with E-state index in [1.165, 1.54) is 5.56 Å². The number of hydrogen-bond acceptors (Lipinski definition) is 5. The van der Waals surface area contributed by atoms with Crippen molar-refractivity contribution in [3.8, 4) is 0 Å². The lowest BCUT2D eigenvalue weighted by molar-refractivity contribution is 0.101. The predicted octanol–water partition coefficient (Wildman–Crippen LogP) is 5.04. The Morgan fingerprint density at radius 2 is 1.85 bits per heavy atom. The van der Waals surface area contributed by atoms with Gasteiger partial charge in [-0.25, -0.2) is 4.98 Å². The summed E-state index contributed by atoms with van der Waals surface area (Å²) < 4.78 is 0. The van der Waals surface area contributed by atoms with Gasteiger partial charge < -0.3 is 10.6 Å². The van der Waals surface area contributed by atoms with E-state index in [2.05, 4.69) is 20.6 Å². The van der Waals surface area contributed by atoms with Gasteiger partial charge in [-0.1, -0.05) is 35.9 Å². The van der Waals surface area contributed by atoms with Crippen LogP contribution >= 0.6 is 11.6 Å². The Balaban J connectivity index is 1.66. The van der Waals surface area contributed by atoms with Crippen molar-refractivity contribution in [3.63, 3.8) is 0 Å². The molecule has 0 aliphatic rings. The van der Waals surface area contributed by atoms with Crippen LogP contribution in [-0.4, -0.2) is 22.3 Å². The van der Waals surface area contributed by atoms with Crippen LogP contribution in [0.25, 0.3) is 0 Å². The van der Waals surface area contributed by atoms with Gasteiger partial charge in [0.25, 0.3) is 0 Å². The molecule has 27 heavy (non-hydrogen) atoms. The molecular weight excluding hydrogens is 360 g/mol. The van der Waals surface area contributed by atoms with Gasteiger partial charge in [-0.15, -0.1) is 0 Å². The lowest BCUT2D eigenvalue weighted by atomic mass is 10.1. The second-order valence-electron chi connectivity index (χ2n) is 6.28. The number of nitrogens with one attached hydrogen (secondary N) is 2. The first-order valence-corrected chi connectivity index (χ1v) is 9.09. The minimum Gasteiger partial charge on any atom is -0.354 e. The third kappa shape index (κ3) is 5.53. The Hall–Kier alpha value is -2.92. The van der Waals surface area contributed by atoms with Crippen LogP contribution in [0.2, 0.25) is 5.02 Å². The molecule has 0 spiro atoms. The van der Waals surface area contributed by atoms with Crippen LogP contribution < -0.4 is 10.6 Å². The zero-order valence-electron chi connectivity index (χ0n) is 15.3. The molecule has 3 rings (SSSR count). The smallest absolute Gasteiger partial charge is 0.224 e. The molecule has 0 amide bonds. The molecule has 0 atom stereocenters. The van der Waals surface area contributed by atoms with Crippen molar-refractivity contribution in [1.29, 1.82) is 0 Å². The summed E-state index contributed by atoms with van der Waals surface area (Å²) in [6.07, 6.45) is 0.845. The van der Waals surface area contributed by atoms with Crippen LogP contribution in [0.5, 0.6) is 0 Å². The van der Waals surface area contributed by atoms with Crippen molar-refractivity contribution in [2.24, 2.45) is 0 Å². The molecular formula is C21H21ClN4O. The lowest BCUT2D eigenvalue weighted by Gasteiger charge is -2.10. The molecule has 0 saturated carbocycles. The van der Waals surface area contributed by atoms with Gasteiger partial charge in [0, 0.05) is 34.6 Å². The summed E-state index contributed by atoms with van der Waals surface area (Å²) in [4.78, 5) is 20.5. The van der Waals surface area contributed by atoms with E-state index in [1.807, 2.05) is 55.5 Å². The molecule has 1 aromatic heterocycles. The fourth-order valence-electron chi connectivity index (χ4n) is 2.65. The molecule has 1 heterocycles. The number of carbonyl (C=O) groups excluding carboxylic acids is 1. The molecule has 3 aromatic rings. The first-order valence-electron chi connectivity index (χ1n) is 8.71. The van der Waals surface area contributed by atoms with Crippen LogP contribution in [0, 0.1) is 6.92 Å². The number of rotatable bonds is 7. The molecule has 2 N–H and O–H groups in total. The highest BCUT2D eigenvalue weighted by atomic mass is 35.5. The highest BCUT2D eigenvalue weighted by Crippen LogP contribution is 2.18. The maximum atomic E-state index is 11.5. The molecule has 0 aliphatic carbocycles. The third-order valence-electron chi connectivity index (χ3n) is 4.01. The zero-order chi connectivity index (χ0) is 19.2. The maximum absolute atomic E-state index is 11.5. The van der Waals surface area contributed by atoms with Crippen molar-refractivity contribution in [2.45, 2.75) is 20.3 Å². The SMILES string of the molecule is CC(=O)c1cccc(Nc2cc(C)nc(NCCc3ccc(Cl)cc3)n2)c1. The normalized spacial score (nSPS) is 10.5. The van der Waals surface area contributed by atoms with Crippen LogP contribution in [0.4, 0.5) is 17.5 Å². The average Bonchev–Trinajstić information content (AvgIpc) is 2.63. The highest BCUT2D eigenvalue weighted by molar-refractivity contribution is 6.30. The number of halogens is 1. The molecule has 0 aliphatic heterocycles. The van der Waals surface area contributed by atoms with E-state index in [1.54, 1.807) is 13.0 Å². The highest BCUT2D eigenvalue weighted by Gasteiger charge is 2.05. The van der Waals surface area contributed by atoms with E-state index >= 15 is 0 Å². The Labute approximate surface area is 163 Å². The fraction of sp³-hybridized carbons (Fsp3) is 0.190. The summed E-state index contributed by atoms with van der Waals surface area (Å²) in [6, 6.07) is 17.0. The Morgan fingerprint density at radius 3 is 2.59 bits per heavy atom. The monoisotopic (exact) mass is 380 g/mol. The molecule has 2 aromatic carbocycles. The molecule has 0 radical (unpaired) electrons. The average molecular weight is 381 g/mol. The van der Waals surface area contributed by atoms with Crippen LogP contribution in [0.15, 0.2) is 54.6 Å². The number of carbonyl (C=O) groups is 1. The maximum Gasteiger partial charge on any atom is 0.224 e. The summed E-state index contributed by atoms with van der Waals surface area (Å²) >= 11 is 5.91. The molecule has 138 valence electrons. The number of ketones is 1. The van der Waals surface area contributed by atoms with Gasteiger partial charge in [0.05, 0.1) is 0 Å². The van der Waals surface area contributed by atoms with Crippen molar-refractivity contribution in [3.05, 3.63) is 76.4 Å². The standard InChI is InChI=1S/C21H21ClN4O/c1-14-12-20(25-19-5-3-4-17(13-19)15(2)27)26-21(24-14)23-11-10-16-6-8-18(22)9-7-16/h3-9,12-13H,10-11H2,1-2H3,(H2,23,24,25,26). The van der Waals surface area contributed by atoms with Crippen molar-refractivity contribution in [2.75, 3.05) is 17.2 Å². The van der Waals surface area contributed by atoms with E-state index in [9.17, 15) is 4.79 Å². The third-order valence-corrected chi connectivity index (χ3v) is 4.26. The summed E-state index contributed by atoms with van der Waals surface area (Å²) in [5, 5.41) is 7.23. The van der Waals surface area contributed by atoms with Crippen molar-refractivity contribution >= 4 is 34.8 Å². The molecule has 5 nitrogen and oxygen atoms in total. The molecule has 6 heteroatoms. The van der Waals surface area contributed by atoms with Crippen LogP contribution in [0.1, 0.15) is 28.5 Å². The summed E-state index contributed by atoms with van der Waals surface area (Å²) in [5.41, 5.74) is 3.52. The first-order chi connectivity index (χ1) is 13.0. The summed E-state index contributed by atoms with van der Waals surface area (Å²) in [7, 11) is 0. The second kappa shape index (κ2) is 8.64. The summed E-state index contributed by atoms with van der Waals surface area (Å²) in [6.45, 7) is 4.18. The van der Waals surface area contributed by atoms with E-state index < -0.39 is 0 Å². The summed E-state index contributed by atoms with van der Waals surface area (Å²) in [5.74, 6) is 1.27. The number of aryl methyl sites for hydroxylation is 1. The Morgan fingerprint density at radius 1 is 1.07 bits per heavy atom. The lowest BCUT2D eigenvalue weighted by Crippen LogP contribution is -2.09. The van der Waals surface area contributed by atoms with E-state index in [4.69, 9.17) is 11.6 Å². The number of anilines is 3. The minimum absolute atomic E-state index is 0.0297. The molecule has 0 fully saturated rings. The van der Waals surface area contributed by atoms with Crippen LogP contribution in [-0.2, 0) is 6.42 Å². The second-order valence-corrected chi connectivity index (χ2v) is 6.72. The van der Waals surface area contributed by atoms with Gasteiger partial charge in [-0.3, -0.25) is 4.79 Å². The van der Waals surface area contributed by atoms with Gasteiger partial charge in [0.2, 0.25) is 5.95 Å². The number of hydrogen-bond donors (Lipinski definition) is 2. The van der Waals surface area contributed by atoms with Gasteiger partial charge in [0.15, 0.2) is 5.78 Å². The predicted molar refractivity (Wildman–Crippen MR) is 110 cm³/mol. The fourth-order valence-corrected chi connectivity index (χ4v) is 2.77. The quantitative estimate of drug-likeness (QED) is 0.562. The molecule has 0 unspecified atom stereocenters. The number of aromatic nitrogens is 2. The number of benzene rings is 2. The minimum atomic E-state index is 0.0297. The molecule has 0 bridgehead atoms. The van der Waals surface area contributed by atoms with Crippen molar-refractivity contribution in [1.82, 2.24) is 9.97 Å². The Kier molecular flexibility index (Phi) is 6.04. The number of Topliss-reactive ketones (excluding diaryl/α,β-unsaturated/α-hetero) is 1. The van der Waals surface area contributed by atoms with Gasteiger partial charge in [0.1, 0.15) is 5.82 Å². The van der Waals surface area contributed by atoms with E-state index in [0.29, 0.717) is 23.9 Å². The topological polar surface area (TPSA) is 66.9 Å². The number of nitrogens with zero attached hydrogens (tertiary/aromatic N) is 2. The van der Waals surface area contributed by atoms with E-state index in [0.717, 1.165) is 22.8 Å². The van der Waals surface area contributed by atoms with Crippen LogP contribution in [0.3, 0.4) is 0 Å². The largest absolute Gasteiger partial charge is 0.354 e. The first kappa shape index (κ1) is 18.9. The van der Waals surface area contributed by atoms with Gasteiger partial charge in [-0.05, 0) is 50.1 Å². The van der Waals surface area contributed by atoms with Gasteiger partial charge in [-0.2, -0.15) is 4.98 Å². The molecule has 0 saturated heterocycles. The van der Waals surface area contributed by atoms with E-state index in [-0.39, 0.29) is 5.78 Å². The Bertz CT molecular complexity index is 941. The zero-order valence-corrected chi connectivity index (χ0v) is 16.0.